The van der Waals surface area contributed by atoms with E-state index in [2.05, 4.69) is 23.5 Å². The molecule has 2 aliphatic carbocycles. The van der Waals surface area contributed by atoms with Gasteiger partial charge in [-0.1, -0.05) is 24.6 Å². The van der Waals surface area contributed by atoms with Crippen molar-refractivity contribution in [2.75, 3.05) is 0 Å². The van der Waals surface area contributed by atoms with Crippen LogP contribution in [0.5, 0.6) is 0 Å². The molecule has 0 saturated heterocycles. The van der Waals surface area contributed by atoms with Gasteiger partial charge in [-0.2, -0.15) is 0 Å². The van der Waals surface area contributed by atoms with Crippen molar-refractivity contribution in [2.24, 2.45) is 15.0 Å². The lowest BCUT2D eigenvalue weighted by Gasteiger charge is -2.31. The Balaban J connectivity index is 1.67. The van der Waals surface area contributed by atoms with Crippen LogP contribution in [0, 0.1) is 0 Å². The SMILES string of the molecule is C1=CC2(N=c3ccccc3=N2)C2=NC3(CCCCC3)NC2=C1. The Bertz CT molecular complexity index is 818. The number of aliphatic imine (C=N–C) groups is 1. The Labute approximate surface area is 129 Å². The topological polar surface area (TPSA) is 49.1 Å². The second-order valence-electron chi connectivity index (χ2n) is 6.56. The molecule has 4 heteroatoms. The van der Waals surface area contributed by atoms with Crippen LogP contribution in [0.1, 0.15) is 32.1 Å². The molecule has 1 fully saturated rings. The number of para-hydroxylation sites is 2. The standard InChI is InChI=1S/C18H18N4/c1-4-10-17(11-5-1)19-15-9-6-12-18(16(15)22-17)20-13-7-2-3-8-14(13)21-18/h2-3,6-9,12,19H,1,4-5,10-11H2. The van der Waals surface area contributed by atoms with Crippen molar-refractivity contribution in [3.63, 3.8) is 0 Å². The molecule has 2 aliphatic heterocycles. The van der Waals surface area contributed by atoms with E-state index in [0.717, 1.165) is 35.0 Å². The van der Waals surface area contributed by atoms with Gasteiger partial charge in [0, 0.05) is 0 Å². The second-order valence-corrected chi connectivity index (χ2v) is 6.56. The van der Waals surface area contributed by atoms with Crippen LogP contribution in [-0.2, 0) is 0 Å². The van der Waals surface area contributed by atoms with Crippen molar-refractivity contribution in [1.82, 2.24) is 5.32 Å². The van der Waals surface area contributed by atoms with E-state index in [4.69, 9.17) is 15.0 Å². The fraction of sp³-hybridized carbons (Fsp3) is 0.389. The minimum atomic E-state index is -0.651. The lowest BCUT2D eigenvalue weighted by atomic mass is 9.90. The molecule has 0 atom stereocenters. The molecule has 110 valence electrons. The van der Waals surface area contributed by atoms with E-state index in [1.54, 1.807) is 0 Å². The van der Waals surface area contributed by atoms with E-state index in [0.29, 0.717) is 0 Å². The van der Waals surface area contributed by atoms with Crippen molar-refractivity contribution in [3.8, 4) is 0 Å². The van der Waals surface area contributed by atoms with Gasteiger partial charge in [-0.3, -0.25) is 4.99 Å². The zero-order chi connectivity index (χ0) is 14.6. The summed E-state index contributed by atoms with van der Waals surface area (Å²) in [5, 5.41) is 5.59. The number of nitrogens with one attached hydrogen (secondary N) is 1. The summed E-state index contributed by atoms with van der Waals surface area (Å²) >= 11 is 0. The van der Waals surface area contributed by atoms with E-state index >= 15 is 0 Å². The lowest BCUT2D eigenvalue weighted by molar-refractivity contribution is 0.275. The van der Waals surface area contributed by atoms with Crippen molar-refractivity contribution in [2.45, 2.75) is 43.4 Å². The average Bonchev–Trinajstić information content (AvgIpc) is 3.08. The van der Waals surface area contributed by atoms with Crippen LogP contribution >= 0.6 is 0 Å². The molecule has 4 aliphatic rings. The Hall–Kier alpha value is -2.23. The zero-order valence-corrected chi connectivity index (χ0v) is 12.4. The van der Waals surface area contributed by atoms with Crippen molar-refractivity contribution in [1.29, 1.82) is 0 Å². The number of hydrogen-bond donors (Lipinski definition) is 1. The van der Waals surface area contributed by atoms with Gasteiger partial charge in [0.05, 0.1) is 16.4 Å². The van der Waals surface area contributed by atoms with Gasteiger partial charge in [0.25, 0.3) is 0 Å². The first kappa shape index (κ1) is 12.3. The number of nitrogens with zero attached hydrogens (tertiary/aromatic N) is 3. The third-order valence-corrected chi connectivity index (χ3v) is 5.03. The minimum absolute atomic E-state index is 0.113. The highest BCUT2D eigenvalue weighted by Crippen LogP contribution is 2.39. The van der Waals surface area contributed by atoms with Crippen LogP contribution in [-0.4, -0.2) is 17.0 Å². The third kappa shape index (κ3) is 1.61. The smallest absolute Gasteiger partial charge is 0.214 e. The first-order valence-corrected chi connectivity index (χ1v) is 8.12. The van der Waals surface area contributed by atoms with Gasteiger partial charge in [-0.25, -0.2) is 9.98 Å². The molecular formula is C18H18N4. The Morgan fingerprint density at radius 1 is 0.909 bits per heavy atom. The Kier molecular flexibility index (Phi) is 2.33. The number of hydrogen-bond acceptors (Lipinski definition) is 4. The van der Waals surface area contributed by atoms with E-state index < -0.39 is 5.66 Å². The molecule has 2 spiro atoms. The fourth-order valence-electron chi connectivity index (χ4n) is 3.97. The number of allylic oxidation sites excluding steroid dienone is 2. The molecule has 1 aromatic rings. The maximum atomic E-state index is 5.12. The second kappa shape index (κ2) is 4.15. The highest BCUT2D eigenvalue weighted by molar-refractivity contribution is 6.11. The number of benzene rings is 1. The third-order valence-electron chi connectivity index (χ3n) is 5.03. The predicted molar refractivity (Wildman–Crippen MR) is 85.1 cm³/mol. The van der Waals surface area contributed by atoms with Gasteiger partial charge in [0.1, 0.15) is 11.4 Å². The monoisotopic (exact) mass is 290 g/mol. The molecule has 0 unspecified atom stereocenters. The summed E-state index contributed by atoms with van der Waals surface area (Å²) in [6.45, 7) is 0. The zero-order valence-electron chi connectivity index (χ0n) is 12.4. The van der Waals surface area contributed by atoms with Crippen LogP contribution in [0.3, 0.4) is 0 Å². The molecule has 1 aromatic carbocycles. The van der Waals surface area contributed by atoms with Gasteiger partial charge in [-0.05, 0) is 50.0 Å². The van der Waals surface area contributed by atoms with Crippen LogP contribution < -0.4 is 16.0 Å². The summed E-state index contributed by atoms with van der Waals surface area (Å²) in [5.74, 6) is 0. The van der Waals surface area contributed by atoms with Crippen LogP contribution in [0.2, 0.25) is 0 Å². The molecule has 0 aromatic heterocycles. The average molecular weight is 290 g/mol. The molecule has 1 saturated carbocycles. The lowest BCUT2D eigenvalue weighted by Crippen LogP contribution is -2.41. The minimum Gasteiger partial charge on any atom is -0.360 e. The fourth-order valence-corrected chi connectivity index (χ4v) is 3.97. The number of rotatable bonds is 0. The van der Waals surface area contributed by atoms with E-state index in [1.807, 2.05) is 24.3 Å². The van der Waals surface area contributed by atoms with Gasteiger partial charge >= 0.3 is 0 Å². The van der Waals surface area contributed by atoms with Crippen molar-refractivity contribution < 1.29 is 0 Å². The summed E-state index contributed by atoms with van der Waals surface area (Å²) in [6, 6.07) is 8.08. The summed E-state index contributed by atoms with van der Waals surface area (Å²) in [5.41, 5.74) is 1.33. The van der Waals surface area contributed by atoms with Crippen LogP contribution in [0.25, 0.3) is 0 Å². The van der Waals surface area contributed by atoms with E-state index in [-0.39, 0.29) is 5.66 Å². The Morgan fingerprint density at radius 2 is 1.64 bits per heavy atom. The summed E-state index contributed by atoms with van der Waals surface area (Å²) < 4.78 is 0. The molecule has 22 heavy (non-hydrogen) atoms. The molecule has 4 nitrogen and oxygen atoms in total. The predicted octanol–water partition coefficient (Wildman–Crippen LogP) is 1.79. The summed E-state index contributed by atoms with van der Waals surface area (Å²) in [6.07, 6.45) is 12.3. The first-order chi connectivity index (χ1) is 10.8. The normalized spacial score (nSPS) is 25.6. The van der Waals surface area contributed by atoms with Crippen LogP contribution in [0.4, 0.5) is 0 Å². The maximum Gasteiger partial charge on any atom is 0.214 e. The molecule has 0 bridgehead atoms. The first-order valence-electron chi connectivity index (χ1n) is 8.12. The highest BCUT2D eigenvalue weighted by Gasteiger charge is 2.47. The molecular weight excluding hydrogens is 272 g/mol. The van der Waals surface area contributed by atoms with Crippen molar-refractivity contribution in [3.05, 3.63) is 58.9 Å². The summed E-state index contributed by atoms with van der Waals surface area (Å²) in [7, 11) is 0. The molecule has 2 heterocycles. The Morgan fingerprint density at radius 3 is 2.36 bits per heavy atom. The quantitative estimate of drug-likeness (QED) is 0.778. The van der Waals surface area contributed by atoms with E-state index in [9.17, 15) is 0 Å². The molecule has 0 radical (unpaired) electrons. The van der Waals surface area contributed by atoms with Gasteiger partial charge in [0.2, 0.25) is 5.66 Å². The van der Waals surface area contributed by atoms with Gasteiger partial charge in [0.15, 0.2) is 0 Å². The van der Waals surface area contributed by atoms with Crippen molar-refractivity contribution >= 4 is 5.71 Å². The van der Waals surface area contributed by atoms with E-state index in [1.165, 1.54) is 19.3 Å². The maximum absolute atomic E-state index is 5.12. The molecule has 0 amide bonds. The largest absolute Gasteiger partial charge is 0.360 e. The van der Waals surface area contributed by atoms with Gasteiger partial charge < -0.3 is 5.32 Å². The number of fused-ring (bicyclic) bond motifs is 3. The summed E-state index contributed by atoms with van der Waals surface area (Å²) in [4.78, 5) is 14.9. The highest BCUT2D eigenvalue weighted by atomic mass is 15.3. The molecule has 5 rings (SSSR count). The van der Waals surface area contributed by atoms with Gasteiger partial charge in [-0.15, -0.1) is 0 Å². The van der Waals surface area contributed by atoms with Crippen LogP contribution in [0.15, 0.2) is 63.2 Å². The molecule has 1 N–H and O–H groups in total.